The van der Waals surface area contributed by atoms with Gasteiger partial charge in [0.05, 0.1) is 19.8 Å². The Morgan fingerprint density at radius 3 is 2.83 bits per heavy atom. The molecule has 0 aromatic heterocycles. The molecule has 4 rings (SSSR count). The highest BCUT2D eigenvalue weighted by molar-refractivity contribution is 5.76. The molecule has 30 heavy (non-hydrogen) atoms. The summed E-state index contributed by atoms with van der Waals surface area (Å²) < 4.78 is 17.5. The molecular formula is C24H35NO5. The van der Waals surface area contributed by atoms with E-state index in [1.807, 2.05) is 19.1 Å². The molecule has 0 unspecified atom stereocenters. The van der Waals surface area contributed by atoms with Crippen LogP contribution in [-0.4, -0.2) is 44.0 Å². The molecule has 2 aliphatic carbocycles. The van der Waals surface area contributed by atoms with Gasteiger partial charge >= 0.3 is 0 Å². The summed E-state index contributed by atoms with van der Waals surface area (Å²) in [4.78, 5) is 12.4. The van der Waals surface area contributed by atoms with Gasteiger partial charge in [-0.25, -0.2) is 0 Å². The molecule has 2 bridgehead atoms. The summed E-state index contributed by atoms with van der Waals surface area (Å²) in [5.41, 5.74) is 1.28. The number of aliphatic hydroxyl groups is 1. The molecule has 5 atom stereocenters. The zero-order valence-electron chi connectivity index (χ0n) is 18.6. The Morgan fingerprint density at radius 2 is 2.13 bits per heavy atom. The van der Waals surface area contributed by atoms with E-state index in [9.17, 15) is 4.79 Å². The summed E-state index contributed by atoms with van der Waals surface area (Å²) in [5.74, 6) is 2.39. The van der Waals surface area contributed by atoms with Gasteiger partial charge in [0.2, 0.25) is 5.91 Å². The highest BCUT2D eigenvalue weighted by Gasteiger charge is 2.68. The number of carbonyl (C=O) groups is 1. The maximum Gasteiger partial charge on any atom is 0.219 e. The van der Waals surface area contributed by atoms with Gasteiger partial charge in [-0.15, -0.1) is 0 Å². The summed E-state index contributed by atoms with van der Waals surface area (Å²) in [7, 11) is 1.63. The fourth-order valence-corrected chi connectivity index (χ4v) is 6.52. The predicted molar refractivity (Wildman–Crippen MR) is 114 cm³/mol. The van der Waals surface area contributed by atoms with Crippen LogP contribution in [-0.2, 0) is 9.53 Å². The van der Waals surface area contributed by atoms with E-state index < -0.39 is 0 Å². The first kappa shape index (κ1) is 21.4. The van der Waals surface area contributed by atoms with Crippen LogP contribution in [0.15, 0.2) is 18.2 Å². The average molecular weight is 418 g/mol. The summed E-state index contributed by atoms with van der Waals surface area (Å²) in [6.07, 6.45) is 3.79. The Kier molecular flexibility index (Phi) is 5.75. The van der Waals surface area contributed by atoms with Crippen LogP contribution in [0, 0.1) is 22.7 Å². The summed E-state index contributed by atoms with van der Waals surface area (Å²) in [6.45, 7) is 7.46. The van der Waals surface area contributed by atoms with E-state index in [0.29, 0.717) is 36.4 Å². The molecule has 1 spiro atoms. The van der Waals surface area contributed by atoms with Crippen molar-refractivity contribution >= 4 is 5.91 Å². The van der Waals surface area contributed by atoms with Crippen LogP contribution in [0.2, 0.25) is 0 Å². The average Bonchev–Trinajstić information content (AvgIpc) is 3.24. The number of ether oxygens (including phenoxy) is 3. The Balaban J connectivity index is 1.64. The molecule has 6 heteroatoms. The minimum absolute atomic E-state index is 0.0123. The first-order valence-corrected chi connectivity index (χ1v) is 11.2. The van der Waals surface area contributed by atoms with Gasteiger partial charge in [0.25, 0.3) is 0 Å². The SMILES string of the molecule is CCC(=O)N[C@@H]1C(C)(C)[C@@H]2C[C@@H]3[C@@H](c4ccc(OCCO)c(OC)c4)OCC[C@@]31C2. The van der Waals surface area contributed by atoms with Crippen molar-refractivity contribution < 1.29 is 24.1 Å². The first-order chi connectivity index (χ1) is 14.4. The quantitative estimate of drug-likeness (QED) is 0.710. The summed E-state index contributed by atoms with van der Waals surface area (Å²) in [6, 6.07) is 6.15. The highest BCUT2D eigenvalue weighted by Crippen LogP contribution is 2.70. The lowest BCUT2D eigenvalue weighted by molar-refractivity contribution is -0.137. The Bertz CT molecular complexity index is 794. The lowest BCUT2D eigenvalue weighted by Crippen LogP contribution is -2.58. The highest BCUT2D eigenvalue weighted by atomic mass is 16.5. The maximum absolute atomic E-state index is 12.4. The molecule has 2 saturated carbocycles. The third-order valence-corrected chi connectivity index (χ3v) is 8.00. The van der Waals surface area contributed by atoms with E-state index >= 15 is 0 Å². The summed E-state index contributed by atoms with van der Waals surface area (Å²) >= 11 is 0. The minimum Gasteiger partial charge on any atom is -0.493 e. The van der Waals surface area contributed by atoms with Crippen LogP contribution in [0.5, 0.6) is 11.5 Å². The monoisotopic (exact) mass is 417 g/mol. The molecule has 6 nitrogen and oxygen atoms in total. The molecule has 1 heterocycles. The largest absolute Gasteiger partial charge is 0.493 e. The first-order valence-electron chi connectivity index (χ1n) is 11.2. The van der Waals surface area contributed by atoms with Crippen molar-refractivity contribution in [3.63, 3.8) is 0 Å². The molecule has 1 aromatic carbocycles. The molecule has 2 N–H and O–H groups in total. The summed E-state index contributed by atoms with van der Waals surface area (Å²) in [5, 5.41) is 12.4. The maximum atomic E-state index is 12.4. The lowest BCUT2D eigenvalue weighted by atomic mass is 9.59. The second kappa shape index (κ2) is 8.04. The molecule has 1 saturated heterocycles. The minimum atomic E-state index is -0.0384. The van der Waals surface area contributed by atoms with Gasteiger partial charge in [-0.05, 0) is 59.6 Å². The number of fused-ring (bicyclic) bond motifs is 1. The topological polar surface area (TPSA) is 77.0 Å². The van der Waals surface area contributed by atoms with Gasteiger partial charge in [-0.3, -0.25) is 4.79 Å². The van der Waals surface area contributed by atoms with Gasteiger partial charge in [0.1, 0.15) is 6.61 Å². The normalized spacial score (nSPS) is 33.8. The lowest BCUT2D eigenvalue weighted by Gasteiger charge is -2.53. The van der Waals surface area contributed by atoms with Gasteiger partial charge in [0, 0.05) is 19.1 Å². The van der Waals surface area contributed by atoms with E-state index in [2.05, 4.69) is 25.2 Å². The van der Waals surface area contributed by atoms with E-state index in [1.54, 1.807) is 7.11 Å². The molecule has 0 radical (unpaired) electrons. The zero-order chi connectivity index (χ0) is 21.5. The molecule has 1 aliphatic heterocycles. The van der Waals surface area contributed by atoms with Crippen molar-refractivity contribution in [2.24, 2.45) is 22.7 Å². The van der Waals surface area contributed by atoms with Gasteiger partial charge in [-0.2, -0.15) is 0 Å². The standard InChI is InChI=1S/C24H35NO5/c1-5-20(27)25-22-23(2,3)16-13-17-21(30-10-8-24(17,22)14-16)15-6-7-18(29-11-9-26)19(12-15)28-4/h6-7,12,16-17,21-22,26H,5,8-11,13-14H2,1-4H3,(H,25,27)/t16-,17-,21-,22-,24-/m1/s1. The number of methoxy groups -OCH3 is 1. The molecular weight excluding hydrogens is 382 g/mol. The Morgan fingerprint density at radius 1 is 1.33 bits per heavy atom. The fourth-order valence-electron chi connectivity index (χ4n) is 6.52. The number of benzene rings is 1. The van der Waals surface area contributed by atoms with Crippen LogP contribution in [0.25, 0.3) is 0 Å². The van der Waals surface area contributed by atoms with Crippen LogP contribution in [0.4, 0.5) is 0 Å². The van der Waals surface area contributed by atoms with Crippen molar-refractivity contribution in [1.29, 1.82) is 0 Å². The van der Waals surface area contributed by atoms with Crippen molar-refractivity contribution in [2.45, 2.75) is 58.6 Å². The van der Waals surface area contributed by atoms with Gasteiger partial charge in [0.15, 0.2) is 11.5 Å². The number of rotatable bonds is 7. The van der Waals surface area contributed by atoms with Crippen molar-refractivity contribution in [3.05, 3.63) is 23.8 Å². The Labute approximate surface area is 179 Å². The number of carbonyl (C=O) groups excluding carboxylic acids is 1. The van der Waals surface area contributed by atoms with Crippen LogP contribution >= 0.6 is 0 Å². The third kappa shape index (κ3) is 3.28. The molecule has 1 aromatic rings. The molecule has 3 fully saturated rings. The van der Waals surface area contributed by atoms with Crippen LogP contribution < -0.4 is 14.8 Å². The van der Waals surface area contributed by atoms with Gasteiger partial charge in [-0.1, -0.05) is 26.8 Å². The Hall–Kier alpha value is -1.79. The van der Waals surface area contributed by atoms with Crippen molar-refractivity contribution in [1.82, 2.24) is 5.32 Å². The number of aliphatic hydroxyl groups excluding tert-OH is 1. The number of hydrogen-bond acceptors (Lipinski definition) is 5. The number of nitrogens with one attached hydrogen (secondary N) is 1. The second-order valence-corrected chi connectivity index (χ2v) is 9.68. The van der Waals surface area contributed by atoms with E-state index in [4.69, 9.17) is 19.3 Å². The van der Waals surface area contributed by atoms with E-state index in [1.165, 1.54) is 0 Å². The number of hydrogen-bond donors (Lipinski definition) is 2. The predicted octanol–water partition coefficient (Wildman–Crippen LogP) is 3.47. The molecule has 166 valence electrons. The van der Waals surface area contributed by atoms with E-state index in [0.717, 1.165) is 24.8 Å². The zero-order valence-corrected chi connectivity index (χ0v) is 18.6. The van der Waals surface area contributed by atoms with Crippen LogP contribution in [0.3, 0.4) is 0 Å². The molecule has 1 amide bonds. The van der Waals surface area contributed by atoms with Crippen molar-refractivity contribution in [2.75, 3.05) is 26.9 Å². The second-order valence-electron chi connectivity index (χ2n) is 9.68. The van der Waals surface area contributed by atoms with Crippen LogP contribution in [0.1, 0.15) is 58.1 Å². The smallest absolute Gasteiger partial charge is 0.219 e. The van der Waals surface area contributed by atoms with E-state index in [-0.39, 0.29) is 42.1 Å². The molecule has 3 aliphatic rings. The van der Waals surface area contributed by atoms with Crippen molar-refractivity contribution in [3.8, 4) is 11.5 Å². The third-order valence-electron chi connectivity index (χ3n) is 8.00. The fraction of sp³-hybridized carbons (Fsp3) is 0.708. The van der Waals surface area contributed by atoms with Gasteiger partial charge < -0.3 is 24.6 Å². The number of amides is 1.